The number of rotatable bonds is 2. The molecule has 0 unspecified atom stereocenters. The Kier molecular flexibility index (Phi) is 5.64. The first kappa shape index (κ1) is 22.0. The van der Waals surface area contributed by atoms with Gasteiger partial charge in [0.25, 0.3) is 0 Å². The van der Waals surface area contributed by atoms with E-state index in [1.165, 1.54) is 7.11 Å². The lowest BCUT2D eigenvalue weighted by Crippen LogP contribution is -2.58. The standard InChI is InChI=1S/C23H35NO6/c1-10-8-11(2)23-14(9-16(28-5)22(27)29-20(10)13(4)25)6-7-15-17(23)19(26)12(3)18(24)21(15)30-23/h6-8,10,12-21,25-26H,9,24H2,1-5H3/b11-8+/t10-,12+,13-,14-,15-,16+,17+,18+,19-,20+,21-,23+/m1/s1. The molecular formula is C23H35NO6. The molecule has 4 bridgehead atoms. The van der Waals surface area contributed by atoms with Crippen LogP contribution >= 0.6 is 0 Å². The van der Waals surface area contributed by atoms with Gasteiger partial charge >= 0.3 is 5.97 Å². The van der Waals surface area contributed by atoms with E-state index in [0.29, 0.717) is 6.42 Å². The molecule has 1 spiro atoms. The minimum atomic E-state index is -0.833. The lowest BCUT2D eigenvalue weighted by molar-refractivity contribution is -0.172. The van der Waals surface area contributed by atoms with Gasteiger partial charge in [0.1, 0.15) is 11.7 Å². The molecule has 4 N–H and O–H groups in total. The van der Waals surface area contributed by atoms with Gasteiger partial charge < -0.3 is 30.2 Å². The molecule has 2 aliphatic carbocycles. The van der Waals surface area contributed by atoms with Gasteiger partial charge in [-0.1, -0.05) is 32.1 Å². The van der Waals surface area contributed by atoms with Crippen molar-refractivity contribution >= 4 is 5.97 Å². The Balaban J connectivity index is 1.86. The predicted molar refractivity (Wildman–Crippen MR) is 110 cm³/mol. The molecule has 0 radical (unpaired) electrons. The molecule has 2 heterocycles. The first-order chi connectivity index (χ1) is 14.1. The van der Waals surface area contributed by atoms with E-state index in [2.05, 4.69) is 12.2 Å². The van der Waals surface area contributed by atoms with Gasteiger partial charge in [0, 0.05) is 42.7 Å². The van der Waals surface area contributed by atoms with E-state index in [0.717, 1.165) is 5.57 Å². The Bertz CT molecular complexity index is 750. The van der Waals surface area contributed by atoms with Gasteiger partial charge in [-0.3, -0.25) is 0 Å². The number of esters is 1. The number of aliphatic hydroxyl groups is 2. The molecule has 0 aromatic heterocycles. The fraction of sp³-hybridized carbons (Fsp3) is 0.783. The first-order valence-corrected chi connectivity index (χ1v) is 11.0. The topological polar surface area (TPSA) is 111 Å². The van der Waals surface area contributed by atoms with Crippen LogP contribution in [0.15, 0.2) is 23.8 Å². The third-order valence-corrected chi connectivity index (χ3v) is 8.02. The molecule has 7 heteroatoms. The molecule has 2 aliphatic heterocycles. The summed E-state index contributed by atoms with van der Waals surface area (Å²) in [5.41, 5.74) is 6.71. The van der Waals surface area contributed by atoms with Crippen LogP contribution in [0.25, 0.3) is 0 Å². The fourth-order valence-electron chi connectivity index (χ4n) is 6.41. The van der Waals surface area contributed by atoms with Crippen molar-refractivity contribution in [3.63, 3.8) is 0 Å². The normalized spacial score (nSPS) is 53.3. The van der Waals surface area contributed by atoms with Crippen molar-refractivity contribution in [3.8, 4) is 0 Å². The summed E-state index contributed by atoms with van der Waals surface area (Å²) < 4.78 is 18.0. The van der Waals surface area contributed by atoms with Crippen molar-refractivity contribution in [1.82, 2.24) is 0 Å². The number of hydrogen-bond acceptors (Lipinski definition) is 7. The summed E-state index contributed by atoms with van der Waals surface area (Å²) in [6.07, 6.45) is 3.49. The maximum Gasteiger partial charge on any atom is 0.335 e. The molecule has 1 saturated carbocycles. The van der Waals surface area contributed by atoms with Crippen molar-refractivity contribution < 1.29 is 29.2 Å². The fourth-order valence-corrected chi connectivity index (χ4v) is 6.41. The Morgan fingerprint density at radius 3 is 2.67 bits per heavy atom. The molecule has 0 amide bonds. The average molecular weight is 422 g/mol. The van der Waals surface area contributed by atoms with E-state index < -0.39 is 36.0 Å². The summed E-state index contributed by atoms with van der Waals surface area (Å²) >= 11 is 0. The van der Waals surface area contributed by atoms with Gasteiger partial charge in [0.15, 0.2) is 6.10 Å². The van der Waals surface area contributed by atoms with Crippen molar-refractivity contribution in [1.29, 1.82) is 0 Å². The van der Waals surface area contributed by atoms with Crippen LogP contribution < -0.4 is 5.73 Å². The number of methoxy groups -OCH3 is 1. The Hall–Kier alpha value is -1.25. The summed E-state index contributed by atoms with van der Waals surface area (Å²) in [6.45, 7) is 7.54. The second-order valence-corrected chi connectivity index (χ2v) is 9.71. The Labute approximate surface area is 178 Å². The van der Waals surface area contributed by atoms with Crippen molar-refractivity contribution in [2.24, 2.45) is 35.3 Å². The molecule has 2 fully saturated rings. The van der Waals surface area contributed by atoms with Crippen LogP contribution in [0.4, 0.5) is 0 Å². The van der Waals surface area contributed by atoms with E-state index in [-0.39, 0.29) is 41.7 Å². The van der Waals surface area contributed by atoms with Crippen LogP contribution in [0.2, 0.25) is 0 Å². The highest BCUT2D eigenvalue weighted by atomic mass is 16.6. The van der Waals surface area contributed by atoms with Crippen molar-refractivity contribution in [2.75, 3.05) is 7.11 Å². The summed E-state index contributed by atoms with van der Waals surface area (Å²) in [5, 5.41) is 21.5. The van der Waals surface area contributed by atoms with E-state index in [1.54, 1.807) is 6.92 Å². The molecule has 0 aromatic rings. The number of carbonyl (C=O) groups is 1. The van der Waals surface area contributed by atoms with E-state index in [1.807, 2.05) is 26.8 Å². The smallest absolute Gasteiger partial charge is 0.335 e. The lowest BCUT2D eigenvalue weighted by atomic mass is 9.57. The van der Waals surface area contributed by atoms with Crippen molar-refractivity contribution in [2.45, 2.75) is 76.3 Å². The highest BCUT2D eigenvalue weighted by molar-refractivity contribution is 5.75. The summed E-state index contributed by atoms with van der Waals surface area (Å²) in [4.78, 5) is 12.9. The second-order valence-electron chi connectivity index (χ2n) is 9.71. The van der Waals surface area contributed by atoms with Crippen LogP contribution in [0.1, 0.15) is 34.1 Å². The van der Waals surface area contributed by atoms with Gasteiger partial charge in [0.2, 0.25) is 0 Å². The average Bonchev–Trinajstić information content (AvgIpc) is 2.91. The van der Waals surface area contributed by atoms with Crippen LogP contribution in [0.3, 0.4) is 0 Å². The largest absolute Gasteiger partial charge is 0.457 e. The van der Waals surface area contributed by atoms with E-state index in [4.69, 9.17) is 19.9 Å². The summed E-state index contributed by atoms with van der Waals surface area (Å²) in [5.74, 6) is -1.09. The zero-order valence-electron chi connectivity index (χ0n) is 18.4. The SMILES string of the molecule is CO[C@H]1C[C@H]2C=C[C@H]3[C@H]4O[C@]2(/C(C)=C/[C@@H](C)[C@@H]([C@@H](C)O)OC1=O)[C@@H]3[C@H](O)[C@@H](C)[C@@H]4N. The van der Waals surface area contributed by atoms with Gasteiger partial charge in [-0.15, -0.1) is 0 Å². The molecule has 12 atom stereocenters. The summed E-state index contributed by atoms with van der Waals surface area (Å²) in [7, 11) is 1.49. The third-order valence-electron chi connectivity index (χ3n) is 8.02. The van der Waals surface area contributed by atoms with Crippen LogP contribution in [-0.4, -0.2) is 65.5 Å². The van der Waals surface area contributed by atoms with E-state index >= 15 is 0 Å². The predicted octanol–water partition coefficient (Wildman–Crippen LogP) is 1.17. The first-order valence-electron chi connectivity index (χ1n) is 11.0. The van der Waals surface area contributed by atoms with Crippen LogP contribution in [0, 0.1) is 29.6 Å². The van der Waals surface area contributed by atoms with Crippen molar-refractivity contribution in [3.05, 3.63) is 23.8 Å². The molecule has 4 aliphatic rings. The monoisotopic (exact) mass is 421 g/mol. The molecule has 7 nitrogen and oxygen atoms in total. The summed E-state index contributed by atoms with van der Waals surface area (Å²) in [6, 6.07) is -0.266. The quantitative estimate of drug-likeness (QED) is 0.453. The van der Waals surface area contributed by atoms with Crippen LogP contribution in [-0.2, 0) is 19.0 Å². The minimum Gasteiger partial charge on any atom is -0.457 e. The molecule has 1 saturated heterocycles. The number of aliphatic hydroxyl groups excluding tert-OH is 2. The van der Waals surface area contributed by atoms with Gasteiger partial charge in [-0.25, -0.2) is 4.79 Å². The maximum absolute atomic E-state index is 12.9. The molecule has 30 heavy (non-hydrogen) atoms. The number of cyclic esters (lactones) is 1. The highest BCUT2D eigenvalue weighted by Gasteiger charge is 2.67. The highest BCUT2D eigenvalue weighted by Crippen LogP contribution is 2.60. The number of carbonyl (C=O) groups excluding carboxylic acids is 1. The minimum absolute atomic E-state index is 0.0320. The van der Waals surface area contributed by atoms with Crippen LogP contribution in [0.5, 0.6) is 0 Å². The maximum atomic E-state index is 12.9. The van der Waals surface area contributed by atoms with Gasteiger partial charge in [-0.05, 0) is 25.8 Å². The zero-order chi connectivity index (χ0) is 22.0. The number of ether oxygens (including phenoxy) is 3. The number of hydrogen-bond donors (Lipinski definition) is 3. The van der Waals surface area contributed by atoms with Gasteiger partial charge in [-0.2, -0.15) is 0 Å². The zero-order valence-corrected chi connectivity index (χ0v) is 18.4. The lowest BCUT2D eigenvalue weighted by Gasteiger charge is -2.48. The second kappa shape index (κ2) is 7.71. The molecule has 4 rings (SSSR count). The van der Waals surface area contributed by atoms with E-state index in [9.17, 15) is 15.0 Å². The Morgan fingerprint density at radius 2 is 2.03 bits per heavy atom. The molecule has 0 aromatic carbocycles. The number of nitrogens with two attached hydrogens (primary N) is 1. The third kappa shape index (κ3) is 3.01. The van der Waals surface area contributed by atoms with Gasteiger partial charge in [0.05, 0.1) is 18.3 Å². The molecule has 168 valence electrons. The Morgan fingerprint density at radius 1 is 1.33 bits per heavy atom. The molecular weight excluding hydrogens is 386 g/mol.